The van der Waals surface area contributed by atoms with Crippen LogP contribution in [0.25, 0.3) is 11.3 Å². The Morgan fingerprint density at radius 3 is 3.00 bits per heavy atom. The van der Waals surface area contributed by atoms with Gasteiger partial charge in [0.1, 0.15) is 5.69 Å². The molecule has 1 aromatic heterocycles. The number of halogens is 1. The van der Waals surface area contributed by atoms with Gasteiger partial charge in [0, 0.05) is 23.2 Å². The van der Waals surface area contributed by atoms with Crippen molar-refractivity contribution in [2.24, 2.45) is 0 Å². The van der Waals surface area contributed by atoms with Gasteiger partial charge in [-0.1, -0.05) is 28.9 Å². The molecule has 2 rings (SSSR count). The molecule has 0 saturated heterocycles. The van der Waals surface area contributed by atoms with Crippen molar-refractivity contribution in [3.8, 4) is 11.3 Å². The Kier molecular flexibility index (Phi) is 4.76. The van der Waals surface area contributed by atoms with E-state index in [0.29, 0.717) is 23.7 Å². The standard InChI is InChI=1S/C14H15ClN2O3/c1-9(18)5-6-16-14(19)13-8-12(17-20-13)10-3-2-4-11(15)7-10/h2-4,7-9,18H,5-6H2,1H3,(H,16,19). The normalized spacial score (nSPS) is 12.2. The molecule has 0 fully saturated rings. The number of carbonyl (C=O) groups excluding carboxylic acids is 1. The summed E-state index contributed by atoms with van der Waals surface area (Å²) in [4.78, 5) is 11.8. The third-order valence-electron chi connectivity index (χ3n) is 2.70. The molecule has 0 aliphatic rings. The van der Waals surface area contributed by atoms with E-state index in [1.54, 1.807) is 31.2 Å². The van der Waals surface area contributed by atoms with Crippen molar-refractivity contribution in [1.82, 2.24) is 10.5 Å². The fourth-order valence-electron chi connectivity index (χ4n) is 1.65. The van der Waals surface area contributed by atoms with E-state index in [2.05, 4.69) is 10.5 Å². The molecular formula is C14H15ClN2O3. The second kappa shape index (κ2) is 6.54. The maximum atomic E-state index is 11.8. The quantitative estimate of drug-likeness (QED) is 0.888. The van der Waals surface area contributed by atoms with Gasteiger partial charge in [0.2, 0.25) is 5.76 Å². The summed E-state index contributed by atoms with van der Waals surface area (Å²) in [6.07, 6.45) is 0.0353. The molecule has 1 amide bonds. The molecule has 1 unspecified atom stereocenters. The average Bonchev–Trinajstić information content (AvgIpc) is 2.87. The van der Waals surface area contributed by atoms with E-state index in [4.69, 9.17) is 21.2 Å². The van der Waals surface area contributed by atoms with Gasteiger partial charge in [0.25, 0.3) is 5.91 Å². The van der Waals surface area contributed by atoms with Gasteiger partial charge in [0.05, 0.1) is 6.10 Å². The molecule has 2 N–H and O–H groups in total. The number of nitrogens with zero attached hydrogens (tertiary/aromatic N) is 1. The zero-order valence-electron chi connectivity index (χ0n) is 11.0. The fourth-order valence-corrected chi connectivity index (χ4v) is 1.84. The van der Waals surface area contributed by atoms with Crippen molar-refractivity contribution < 1.29 is 14.4 Å². The van der Waals surface area contributed by atoms with Crippen molar-refractivity contribution >= 4 is 17.5 Å². The summed E-state index contributed by atoms with van der Waals surface area (Å²) < 4.78 is 5.01. The molecule has 0 spiro atoms. The van der Waals surface area contributed by atoms with E-state index >= 15 is 0 Å². The number of amides is 1. The first-order valence-corrected chi connectivity index (χ1v) is 6.63. The van der Waals surface area contributed by atoms with Gasteiger partial charge in [-0.2, -0.15) is 0 Å². The molecular weight excluding hydrogens is 280 g/mol. The second-order valence-corrected chi connectivity index (χ2v) is 4.92. The van der Waals surface area contributed by atoms with Crippen LogP contribution in [0.15, 0.2) is 34.9 Å². The third kappa shape index (κ3) is 3.82. The van der Waals surface area contributed by atoms with Gasteiger partial charge < -0.3 is 14.9 Å². The van der Waals surface area contributed by atoms with E-state index < -0.39 is 6.10 Å². The number of aromatic nitrogens is 1. The molecule has 0 aliphatic heterocycles. The summed E-state index contributed by atoms with van der Waals surface area (Å²) in [6, 6.07) is 8.69. The van der Waals surface area contributed by atoms with Crippen LogP contribution in [0.5, 0.6) is 0 Å². The second-order valence-electron chi connectivity index (χ2n) is 4.48. The van der Waals surface area contributed by atoms with Crippen molar-refractivity contribution in [2.45, 2.75) is 19.4 Å². The minimum Gasteiger partial charge on any atom is -0.393 e. The first-order valence-electron chi connectivity index (χ1n) is 6.25. The highest BCUT2D eigenvalue weighted by Gasteiger charge is 2.13. The van der Waals surface area contributed by atoms with Crippen LogP contribution in [0.2, 0.25) is 5.02 Å². The highest BCUT2D eigenvalue weighted by molar-refractivity contribution is 6.30. The molecule has 106 valence electrons. The Balaban J connectivity index is 2.03. The Morgan fingerprint density at radius 1 is 1.50 bits per heavy atom. The molecule has 0 aliphatic carbocycles. The summed E-state index contributed by atoms with van der Waals surface area (Å²) in [6.45, 7) is 2.04. The smallest absolute Gasteiger partial charge is 0.289 e. The average molecular weight is 295 g/mol. The highest BCUT2D eigenvalue weighted by Crippen LogP contribution is 2.22. The molecule has 2 aromatic rings. The monoisotopic (exact) mass is 294 g/mol. The topological polar surface area (TPSA) is 75.4 Å². The Hall–Kier alpha value is -1.85. The lowest BCUT2D eigenvalue weighted by Crippen LogP contribution is -2.26. The van der Waals surface area contributed by atoms with Crippen molar-refractivity contribution in [1.29, 1.82) is 0 Å². The van der Waals surface area contributed by atoms with Crippen LogP contribution in [-0.4, -0.2) is 28.8 Å². The van der Waals surface area contributed by atoms with Crippen LogP contribution in [-0.2, 0) is 0 Å². The van der Waals surface area contributed by atoms with Crippen molar-refractivity contribution in [2.75, 3.05) is 6.54 Å². The van der Waals surface area contributed by atoms with E-state index in [1.807, 2.05) is 6.07 Å². The van der Waals surface area contributed by atoms with Gasteiger partial charge >= 0.3 is 0 Å². The number of rotatable bonds is 5. The third-order valence-corrected chi connectivity index (χ3v) is 2.94. The van der Waals surface area contributed by atoms with E-state index in [1.165, 1.54) is 0 Å². The lowest BCUT2D eigenvalue weighted by Gasteiger charge is -2.04. The number of benzene rings is 1. The van der Waals surface area contributed by atoms with Gasteiger partial charge in [-0.3, -0.25) is 4.79 Å². The number of carbonyl (C=O) groups is 1. The summed E-state index contributed by atoms with van der Waals surface area (Å²) in [5.41, 5.74) is 1.33. The summed E-state index contributed by atoms with van der Waals surface area (Å²) in [5, 5.41) is 16.2. The van der Waals surface area contributed by atoms with Crippen LogP contribution in [0.4, 0.5) is 0 Å². The SMILES string of the molecule is CC(O)CCNC(=O)c1cc(-c2cccc(Cl)c2)no1. The van der Waals surface area contributed by atoms with Crippen LogP contribution in [0.1, 0.15) is 23.9 Å². The van der Waals surface area contributed by atoms with Crippen molar-refractivity contribution in [3.63, 3.8) is 0 Å². The predicted molar refractivity (Wildman–Crippen MR) is 75.6 cm³/mol. The Bertz CT molecular complexity index is 596. The molecule has 20 heavy (non-hydrogen) atoms. The number of hydrogen-bond acceptors (Lipinski definition) is 4. The number of hydrogen-bond donors (Lipinski definition) is 2. The molecule has 5 nitrogen and oxygen atoms in total. The molecule has 0 radical (unpaired) electrons. The first-order chi connectivity index (χ1) is 9.56. The molecule has 6 heteroatoms. The lowest BCUT2D eigenvalue weighted by molar-refractivity contribution is 0.0909. The summed E-state index contributed by atoms with van der Waals surface area (Å²) in [7, 11) is 0. The molecule has 0 saturated carbocycles. The minimum absolute atomic E-state index is 0.130. The molecule has 0 bridgehead atoms. The number of nitrogens with one attached hydrogen (secondary N) is 1. The largest absolute Gasteiger partial charge is 0.393 e. The Morgan fingerprint density at radius 2 is 2.30 bits per heavy atom. The fraction of sp³-hybridized carbons (Fsp3) is 0.286. The summed E-state index contributed by atoms with van der Waals surface area (Å²) >= 11 is 5.90. The number of aliphatic hydroxyl groups is 1. The molecule has 1 aromatic carbocycles. The zero-order valence-corrected chi connectivity index (χ0v) is 11.7. The zero-order chi connectivity index (χ0) is 14.5. The molecule has 1 atom stereocenters. The van der Waals surface area contributed by atoms with Gasteiger partial charge in [0.15, 0.2) is 0 Å². The lowest BCUT2D eigenvalue weighted by atomic mass is 10.1. The highest BCUT2D eigenvalue weighted by atomic mass is 35.5. The Labute approximate surface area is 121 Å². The van der Waals surface area contributed by atoms with Crippen molar-refractivity contribution in [3.05, 3.63) is 41.1 Å². The predicted octanol–water partition coefficient (Wildman–Crippen LogP) is 2.50. The maximum Gasteiger partial charge on any atom is 0.289 e. The van der Waals surface area contributed by atoms with Gasteiger partial charge in [-0.15, -0.1) is 0 Å². The maximum absolute atomic E-state index is 11.8. The first kappa shape index (κ1) is 14.6. The van der Waals surface area contributed by atoms with E-state index in [0.717, 1.165) is 5.56 Å². The van der Waals surface area contributed by atoms with Crippen LogP contribution in [0.3, 0.4) is 0 Å². The van der Waals surface area contributed by atoms with E-state index in [-0.39, 0.29) is 11.7 Å². The van der Waals surface area contributed by atoms with Crippen LogP contribution < -0.4 is 5.32 Å². The number of aliphatic hydroxyl groups excluding tert-OH is 1. The van der Waals surface area contributed by atoms with Crippen LogP contribution >= 0.6 is 11.6 Å². The summed E-state index contributed by atoms with van der Waals surface area (Å²) in [5.74, 6) is -0.225. The van der Waals surface area contributed by atoms with E-state index in [9.17, 15) is 4.79 Å². The minimum atomic E-state index is -0.452. The van der Waals surface area contributed by atoms with Gasteiger partial charge in [-0.25, -0.2) is 0 Å². The van der Waals surface area contributed by atoms with Gasteiger partial charge in [-0.05, 0) is 25.5 Å². The van der Waals surface area contributed by atoms with Crippen LogP contribution in [0, 0.1) is 0 Å². The molecule has 1 heterocycles.